The summed E-state index contributed by atoms with van der Waals surface area (Å²) < 4.78 is 0. The fourth-order valence-electron chi connectivity index (χ4n) is 4.91. The molecule has 3 aliphatic heterocycles. The SMILES string of the molecule is CC1CCN(c2ccc(C(=O)N3CCC4(CCNC4)CC3)cc2[N+](=O)[O-])CC1. The van der Waals surface area contributed by atoms with Crippen LogP contribution in [0, 0.1) is 21.4 Å². The van der Waals surface area contributed by atoms with Crippen LogP contribution in [-0.2, 0) is 0 Å². The molecule has 1 amide bonds. The van der Waals surface area contributed by atoms with Gasteiger partial charge in [0.2, 0.25) is 0 Å². The fourth-order valence-corrected chi connectivity index (χ4v) is 4.91. The maximum atomic E-state index is 13.0. The Labute approximate surface area is 166 Å². The highest BCUT2D eigenvalue weighted by Crippen LogP contribution is 2.38. The molecule has 3 aliphatic rings. The van der Waals surface area contributed by atoms with E-state index in [9.17, 15) is 14.9 Å². The molecule has 0 aliphatic carbocycles. The van der Waals surface area contributed by atoms with Gasteiger partial charge in [0.15, 0.2) is 0 Å². The van der Waals surface area contributed by atoms with Gasteiger partial charge < -0.3 is 15.1 Å². The third kappa shape index (κ3) is 3.72. The number of carbonyl (C=O) groups excluding carboxylic acids is 1. The van der Waals surface area contributed by atoms with Crippen molar-refractivity contribution in [3.63, 3.8) is 0 Å². The molecule has 0 radical (unpaired) electrons. The molecule has 1 aromatic rings. The minimum atomic E-state index is -0.348. The number of nitrogens with zero attached hydrogens (tertiary/aromatic N) is 3. The number of amides is 1. The Morgan fingerprint density at radius 2 is 1.89 bits per heavy atom. The minimum Gasteiger partial charge on any atom is -0.366 e. The number of likely N-dealkylation sites (tertiary alicyclic amines) is 1. The highest BCUT2D eigenvalue weighted by molar-refractivity contribution is 5.96. The average Bonchev–Trinajstić information content (AvgIpc) is 3.16. The van der Waals surface area contributed by atoms with Crippen LogP contribution in [0.15, 0.2) is 18.2 Å². The Bertz CT molecular complexity index is 742. The molecular formula is C21H30N4O3. The summed E-state index contributed by atoms with van der Waals surface area (Å²) in [6.07, 6.45) is 5.30. The monoisotopic (exact) mass is 386 g/mol. The van der Waals surface area contributed by atoms with Crippen LogP contribution in [0.3, 0.4) is 0 Å². The van der Waals surface area contributed by atoms with Crippen LogP contribution in [0.5, 0.6) is 0 Å². The number of hydrogen-bond acceptors (Lipinski definition) is 5. The number of nitro benzene ring substituents is 1. The number of anilines is 1. The van der Waals surface area contributed by atoms with Crippen LogP contribution >= 0.6 is 0 Å². The standard InChI is InChI=1S/C21H30N4O3/c1-16-4-10-23(11-5-16)18-3-2-17(14-19(18)25(27)28)20(26)24-12-7-21(8-13-24)6-9-22-15-21/h2-3,14,16,22H,4-13,15H2,1H3. The molecule has 0 aromatic heterocycles. The molecule has 7 nitrogen and oxygen atoms in total. The van der Waals surface area contributed by atoms with Crippen LogP contribution in [-0.4, -0.2) is 55.0 Å². The summed E-state index contributed by atoms with van der Waals surface area (Å²) in [6, 6.07) is 5.02. The molecular weight excluding hydrogens is 356 g/mol. The Kier molecular flexibility index (Phi) is 5.27. The topological polar surface area (TPSA) is 78.7 Å². The lowest BCUT2D eigenvalue weighted by molar-refractivity contribution is -0.384. The number of nitro groups is 1. The average molecular weight is 386 g/mol. The molecule has 3 fully saturated rings. The normalized spacial score (nSPS) is 22.6. The first-order valence-corrected chi connectivity index (χ1v) is 10.5. The first kappa shape index (κ1) is 19.2. The molecule has 1 aromatic carbocycles. The van der Waals surface area contributed by atoms with Gasteiger partial charge in [-0.05, 0) is 62.1 Å². The van der Waals surface area contributed by atoms with E-state index in [4.69, 9.17) is 0 Å². The van der Waals surface area contributed by atoms with E-state index >= 15 is 0 Å². The van der Waals surface area contributed by atoms with Gasteiger partial charge in [-0.15, -0.1) is 0 Å². The number of benzene rings is 1. The molecule has 1 spiro atoms. The van der Waals surface area contributed by atoms with E-state index in [0.29, 0.717) is 22.6 Å². The Morgan fingerprint density at radius 1 is 1.18 bits per heavy atom. The molecule has 1 N–H and O–H groups in total. The van der Waals surface area contributed by atoms with Gasteiger partial charge in [-0.3, -0.25) is 14.9 Å². The van der Waals surface area contributed by atoms with Crippen LogP contribution in [0.4, 0.5) is 11.4 Å². The van der Waals surface area contributed by atoms with Crippen LogP contribution in [0.1, 0.15) is 49.4 Å². The predicted molar refractivity (Wildman–Crippen MR) is 109 cm³/mol. The van der Waals surface area contributed by atoms with Gasteiger partial charge in [0, 0.05) is 44.4 Å². The zero-order valence-electron chi connectivity index (χ0n) is 16.7. The zero-order valence-corrected chi connectivity index (χ0v) is 16.7. The molecule has 0 bridgehead atoms. The predicted octanol–water partition coefficient (Wildman–Crippen LogP) is 3.05. The number of nitrogens with one attached hydrogen (secondary N) is 1. The molecule has 3 heterocycles. The minimum absolute atomic E-state index is 0.0499. The number of carbonyl (C=O) groups is 1. The summed E-state index contributed by atoms with van der Waals surface area (Å²) in [6.45, 7) is 7.47. The lowest BCUT2D eigenvalue weighted by Gasteiger charge is -2.39. The summed E-state index contributed by atoms with van der Waals surface area (Å²) >= 11 is 0. The molecule has 0 atom stereocenters. The second-order valence-electron chi connectivity index (χ2n) is 8.85. The van der Waals surface area contributed by atoms with Gasteiger partial charge in [-0.2, -0.15) is 0 Å². The fraction of sp³-hybridized carbons (Fsp3) is 0.667. The van der Waals surface area contributed by atoms with Gasteiger partial charge >= 0.3 is 0 Å². The summed E-state index contributed by atoms with van der Waals surface area (Å²) in [5.74, 6) is 0.580. The second kappa shape index (κ2) is 7.70. The molecule has 3 saturated heterocycles. The number of piperidine rings is 2. The quantitative estimate of drug-likeness (QED) is 0.638. The van der Waals surface area contributed by atoms with E-state index in [1.54, 1.807) is 12.1 Å². The van der Waals surface area contributed by atoms with Gasteiger partial charge in [0.1, 0.15) is 5.69 Å². The highest BCUT2D eigenvalue weighted by atomic mass is 16.6. The van der Waals surface area contributed by atoms with Gasteiger partial charge in [-0.1, -0.05) is 6.92 Å². The van der Waals surface area contributed by atoms with Crippen molar-refractivity contribution >= 4 is 17.3 Å². The van der Waals surface area contributed by atoms with Crippen molar-refractivity contribution in [2.45, 2.75) is 39.0 Å². The summed E-state index contributed by atoms with van der Waals surface area (Å²) in [7, 11) is 0. The van der Waals surface area contributed by atoms with Gasteiger partial charge in [0.25, 0.3) is 11.6 Å². The van der Waals surface area contributed by atoms with E-state index in [1.807, 2.05) is 4.90 Å². The van der Waals surface area contributed by atoms with Crippen LogP contribution < -0.4 is 10.2 Å². The van der Waals surface area contributed by atoms with E-state index < -0.39 is 0 Å². The molecule has 28 heavy (non-hydrogen) atoms. The lowest BCUT2D eigenvalue weighted by Crippen LogP contribution is -2.44. The Hall–Kier alpha value is -2.15. The lowest BCUT2D eigenvalue weighted by atomic mass is 9.78. The van der Waals surface area contributed by atoms with Gasteiger partial charge in [0.05, 0.1) is 4.92 Å². The Balaban J connectivity index is 1.49. The molecule has 7 heteroatoms. The molecule has 0 unspecified atom stereocenters. The summed E-state index contributed by atoms with van der Waals surface area (Å²) in [4.78, 5) is 28.3. The van der Waals surface area contributed by atoms with E-state index in [1.165, 1.54) is 12.5 Å². The third-order valence-electron chi connectivity index (χ3n) is 6.99. The maximum absolute atomic E-state index is 13.0. The van der Waals surface area contributed by atoms with Crippen LogP contribution in [0.2, 0.25) is 0 Å². The number of hydrogen-bond donors (Lipinski definition) is 1. The van der Waals surface area contributed by atoms with Crippen molar-refractivity contribution in [3.8, 4) is 0 Å². The third-order valence-corrected chi connectivity index (χ3v) is 6.99. The van der Waals surface area contributed by atoms with Crippen molar-refractivity contribution in [2.24, 2.45) is 11.3 Å². The van der Waals surface area contributed by atoms with Gasteiger partial charge in [-0.25, -0.2) is 0 Å². The van der Waals surface area contributed by atoms with E-state index in [-0.39, 0.29) is 16.5 Å². The first-order valence-electron chi connectivity index (χ1n) is 10.5. The summed E-state index contributed by atoms with van der Waals surface area (Å²) in [5, 5.41) is 15.1. The van der Waals surface area contributed by atoms with E-state index in [0.717, 1.165) is 65.0 Å². The van der Waals surface area contributed by atoms with Crippen molar-refractivity contribution in [1.29, 1.82) is 0 Å². The Morgan fingerprint density at radius 3 is 2.50 bits per heavy atom. The first-order chi connectivity index (χ1) is 13.5. The second-order valence-corrected chi connectivity index (χ2v) is 8.85. The molecule has 4 rings (SSSR count). The van der Waals surface area contributed by atoms with Crippen molar-refractivity contribution in [3.05, 3.63) is 33.9 Å². The van der Waals surface area contributed by atoms with E-state index in [2.05, 4.69) is 17.1 Å². The maximum Gasteiger partial charge on any atom is 0.293 e. The van der Waals surface area contributed by atoms with Crippen molar-refractivity contribution in [1.82, 2.24) is 10.2 Å². The van der Waals surface area contributed by atoms with Crippen LogP contribution in [0.25, 0.3) is 0 Å². The molecule has 0 saturated carbocycles. The largest absolute Gasteiger partial charge is 0.366 e. The van der Waals surface area contributed by atoms with Crippen molar-refractivity contribution in [2.75, 3.05) is 44.2 Å². The number of rotatable bonds is 3. The van der Waals surface area contributed by atoms with Crippen molar-refractivity contribution < 1.29 is 9.72 Å². The molecule has 152 valence electrons. The highest BCUT2D eigenvalue weighted by Gasteiger charge is 2.38. The summed E-state index contributed by atoms with van der Waals surface area (Å²) in [5.41, 5.74) is 1.47. The zero-order chi connectivity index (χ0) is 19.7. The smallest absolute Gasteiger partial charge is 0.293 e.